The van der Waals surface area contributed by atoms with Crippen molar-refractivity contribution >= 4 is 11.8 Å². The molecule has 1 aromatic heterocycles. The lowest BCUT2D eigenvalue weighted by Gasteiger charge is -2.31. The van der Waals surface area contributed by atoms with E-state index in [1.165, 1.54) is 29.2 Å². The third-order valence-corrected chi connectivity index (χ3v) is 7.68. The SMILES string of the molecule is O=C(NC[C@H]1CCCO1)[C@H](c1ccc(F)cc1)N(Cc1ccc2c(c1)OCO2)C(=O)c1ccc(CN2CCOCC2)o1. The number of hydrogen-bond donors (Lipinski definition) is 1. The molecule has 3 aliphatic heterocycles. The minimum absolute atomic E-state index is 0.0599. The molecule has 2 amide bonds. The van der Waals surface area contributed by atoms with Crippen molar-refractivity contribution in [2.24, 2.45) is 0 Å². The Kier molecular flexibility index (Phi) is 8.68. The van der Waals surface area contributed by atoms with Gasteiger partial charge in [0.25, 0.3) is 5.91 Å². The Morgan fingerprint density at radius 2 is 1.81 bits per heavy atom. The second kappa shape index (κ2) is 12.9. The van der Waals surface area contributed by atoms with Gasteiger partial charge in [0.15, 0.2) is 17.3 Å². The summed E-state index contributed by atoms with van der Waals surface area (Å²) in [6.07, 6.45) is 1.69. The van der Waals surface area contributed by atoms with Gasteiger partial charge in [-0.05, 0) is 60.4 Å². The molecule has 2 saturated heterocycles. The highest BCUT2D eigenvalue weighted by atomic mass is 19.1. The van der Waals surface area contributed by atoms with Crippen LogP contribution in [0.2, 0.25) is 0 Å². The Morgan fingerprint density at radius 3 is 2.60 bits per heavy atom. The lowest BCUT2D eigenvalue weighted by molar-refractivity contribution is -0.126. The number of nitrogens with zero attached hydrogens (tertiary/aromatic N) is 2. The molecule has 0 unspecified atom stereocenters. The molecule has 0 saturated carbocycles. The van der Waals surface area contributed by atoms with Crippen LogP contribution in [0, 0.1) is 5.82 Å². The summed E-state index contributed by atoms with van der Waals surface area (Å²) in [6.45, 7) is 4.53. The summed E-state index contributed by atoms with van der Waals surface area (Å²) in [4.78, 5) is 31.7. The van der Waals surface area contributed by atoms with Crippen LogP contribution in [-0.4, -0.2) is 74.0 Å². The highest BCUT2D eigenvalue weighted by Crippen LogP contribution is 2.34. The standard InChI is InChI=1S/C31H34FN3O7/c32-23-6-4-22(5-7-23)29(30(36)33-17-24-2-1-13-39-24)35(18-21-3-9-26-28(16-21)41-20-40-26)31(37)27-10-8-25(42-27)19-34-11-14-38-15-12-34/h3-10,16,24,29H,1-2,11-15,17-20H2,(H,33,36)/t24-,29+/m1/s1. The third kappa shape index (κ3) is 6.59. The van der Waals surface area contributed by atoms with Crippen molar-refractivity contribution in [2.45, 2.75) is 38.1 Å². The van der Waals surface area contributed by atoms with Crippen LogP contribution in [0.1, 0.15) is 46.3 Å². The predicted octanol–water partition coefficient (Wildman–Crippen LogP) is 3.66. The van der Waals surface area contributed by atoms with Crippen LogP contribution in [0.5, 0.6) is 11.5 Å². The molecule has 2 aromatic carbocycles. The molecule has 1 N–H and O–H groups in total. The molecular weight excluding hydrogens is 545 g/mol. The van der Waals surface area contributed by atoms with Gasteiger partial charge in [0.2, 0.25) is 12.7 Å². The van der Waals surface area contributed by atoms with Crippen LogP contribution in [0.3, 0.4) is 0 Å². The first-order valence-corrected chi connectivity index (χ1v) is 14.3. The minimum atomic E-state index is -1.07. The average molecular weight is 580 g/mol. The molecule has 2 fully saturated rings. The van der Waals surface area contributed by atoms with Crippen molar-refractivity contribution in [1.29, 1.82) is 0 Å². The topological polar surface area (TPSA) is 103 Å². The number of amides is 2. The fourth-order valence-electron chi connectivity index (χ4n) is 5.45. The maximum absolute atomic E-state index is 14.2. The van der Waals surface area contributed by atoms with Gasteiger partial charge >= 0.3 is 0 Å². The molecule has 0 aliphatic carbocycles. The Bertz CT molecular complexity index is 1380. The van der Waals surface area contributed by atoms with E-state index in [-0.39, 0.29) is 25.2 Å². The smallest absolute Gasteiger partial charge is 0.290 e. The number of benzene rings is 2. The maximum Gasteiger partial charge on any atom is 0.290 e. The van der Waals surface area contributed by atoms with E-state index in [0.717, 1.165) is 31.5 Å². The summed E-state index contributed by atoms with van der Waals surface area (Å²) in [6, 6.07) is 13.4. The Morgan fingerprint density at radius 1 is 1.00 bits per heavy atom. The lowest BCUT2D eigenvalue weighted by Crippen LogP contribution is -2.45. The number of rotatable bonds is 10. The summed E-state index contributed by atoms with van der Waals surface area (Å²) in [5.74, 6) is 0.618. The van der Waals surface area contributed by atoms with Gasteiger partial charge in [-0.3, -0.25) is 14.5 Å². The number of fused-ring (bicyclic) bond motifs is 1. The van der Waals surface area contributed by atoms with Gasteiger partial charge in [-0.1, -0.05) is 18.2 Å². The van der Waals surface area contributed by atoms with Gasteiger partial charge in [-0.25, -0.2) is 4.39 Å². The monoisotopic (exact) mass is 579 g/mol. The lowest BCUT2D eigenvalue weighted by atomic mass is 10.0. The van der Waals surface area contributed by atoms with Gasteiger partial charge in [0, 0.05) is 32.8 Å². The Balaban J connectivity index is 1.31. The predicted molar refractivity (Wildman–Crippen MR) is 148 cm³/mol. The molecule has 0 radical (unpaired) electrons. The third-order valence-electron chi connectivity index (χ3n) is 7.68. The highest BCUT2D eigenvalue weighted by molar-refractivity contribution is 5.96. The number of carbonyl (C=O) groups excluding carboxylic acids is 2. The van der Waals surface area contributed by atoms with Gasteiger partial charge in [-0.15, -0.1) is 0 Å². The minimum Gasteiger partial charge on any atom is -0.455 e. The molecule has 0 spiro atoms. The van der Waals surface area contributed by atoms with E-state index in [1.807, 2.05) is 6.07 Å². The summed E-state index contributed by atoms with van der Waals surface area (Å²) in [5.41, 5.74) is 1.20. The zero-order valence-corrected chi connectivity index (χ0v) is 23.3. The van der Waals surface area contributed by atoms with Gasteiger partial charge < -0.3 is 33.6 Å². The maximum atomic E-state index is 14.2. The first-order valence-electron chi connectivity index (χ1n) is 14.3. The van der Waals surface area contributed by atoms with Crippen LogP contribution < -0.4 is 14.8 Å². The number of halogens is 1. The molecule has 11 heteroatoms. The van der Waals surface area contributed by atoms with Crippen LogP contribution in [0.15, 0.2) is 59.0 Å². The van der Waals surface area contributed by atoms with E-state index in [9.17, 15) is 14.0 Å². The van der Waals surface area contributed by atoms with Gasteiger partial charge in [0.05, 0.1) is 25.9 Å². The van der Waals surface area contributed by atoms with Crippen molar-refractivity contribution in [3.8, 4) is 11.5 Å². The van der Waals surface area contributed by atoms with E-state index in [4.69, 9.17) is 23.4 Å². The van der Waals surface area contributed by atoms with Crippen molar-refractivity contribution < 1.29 is 37.3 Å². The first-order chi connectivity index (χ1) is 20.5. The van der Waals surface area contributed by atoms with E-state index in [0.29, 0.717) is 55.7 Å². The summed E-state index contributed by atoms with van der Waals surface area (Å²) < 4.78 is 42.1. The molecule has 0 bridgehead atoms. The van der Waals surface area contributed by atoms with Crippen LogP contribution in [-0.2, 0) is 27.4 Å². The van der Waals surface area contributed by atoms with Gasteiger partial charge in [0.1, 0.15) is 17.6 Å². The van der Waals surface area contributed by atoms with E-state index >= 15 is 0 Å². The van der Waals surface area contributed by atoms with Crippen molar-refractivity contribution in [2.75, 3.05) is 46.2 Å². The second-order valence-electron chi connectivity index (χ2n) is 10.6. The average Bonchev–Trinajstić information content (AvgIpc) is 3.79. The molecule has 42 heavy (non-hydrogen) atoms. The van der Waals surface area contributed by atoms with Crippen molar-refractivity contribution in [1.82, 2.24) is 15.1 Å². The molecule has 4 heterocycles. The number of carbonyl (C=O) groups is 2. The Labute approximate surface area is 243 Å². The number of ether oxygens (including phenoxy) is 4. The number of hydrogen-bond acceptors (Lipinski definition) is 8. The molecule has 6 rings (SSSR count). The normalized spacial score (nSPS) is 19.0. The summed E-state index contributed by atoms with van der Waals surface area (Å²) >= 11 is 0. The summed E-state index contributed by atoms with van der Waals surface area (Å²) in [7, 11) is 0. The fraction of sp³-hybridized carbons (Fsp3) is 0.419. The van der Waals surface area contributed by atoms with Gasteiger partial charge in [-0.2, -0.15) is 0 Å². The summed E-state index contributed by atoms with van der Waals surface area (Å²) in [5, 5.41) is 2.97. The van der Waals surface area contributed by atoms with E-state index in [1.54, 1.807) is 24.3 Å². The molecule has 222 valence electrons. The van der Waals surface area contributed by atoms with E-state index < -0.39 is 23.7 Å². The van der Waals surface area contributed by atoms with Crippen molar-refractivity contribution in [3.05, 3.63) is 83.1 Å². The van der Waals surface area contributed by atoms with Crippen LogP contribution in [0.25, 0.3) is 0 Å². The molecule has 3 aromatic rings. The van der Waals surface area contributed by atoms with E-state index in [2.05, 4.69) is 10.2 Å². The molecule has 10 nitrogen and oxygen atoms in total. The Hall–Kier alpha value is -3.93. The van der Waals surface area contributed by atoms with Crippen LogP contribution >= 0.6 is 0 Å². The number of nitrogens with one attached hydrogen (secondary N) is 1. The number of furan rings is 1. The highest BCUT2D eigenvalue weighted by Gasteiger charge is 2.34. The zero-order chi connectivity index (χ0) is 28.9. The molecule has 2 atom stereocenters. The second-order valence-corrected chi connectivity index (χ2v) is 10.6. The largest absolute Gasteiger partial charge is 0.455 e. The number of morpholine rings is 1. The molecular formula is C31H34FN3O7. The fourth-order valence-corrected chi connectivity index (χ4v) is 5.45. The van der Waals surface area contributed by atoms with Crippen molar-refractivity contribution in [3.63, 3.8) is 0 Å². The first kappa shape index (κ1) is 28.2. The quantitative estimate of drug-likeness (QED) is 0.389. The zero-order valence-electron chi connectivity index (χ0n) is 23.3. The molecule has 3 aliphatic rings. The van der Waals surface area contributed by atoms with Crippen LogP contribution in [0.4, 0.5) is 4.39 Å².